The lowest BCUT2D eigenvalue weighted by atomic mass is 9.96. The molecule has 25 heteroatoms. The van der Waals surface area contributed by atoms with E-state index in [-0.39, 0.29) is 60.8 Å². The molecule has 5 N–H and O–H groups in total. The molecule has 0 spiro atoms. The molecule has 388 valence electrons. The molecular formula is C48H59F2N15O8. The Hall–Kier alpha value is -7.57. The van der Waals surface area contributed by atoms with Crippen molar-refractivity contribution in [2.75, 3.05) is 99.4 Å². The van der Waals surface area contributed by atoms with Crippen LogP contribution in [0.3, 0.4) is 0 Å². The number of piperazine rings is 2. The highest BCUT2D eigenvalue weighted by Gasteiger charge is 2.37. The number of ether oxygens (including phenoxy) is 1. The van der Waals surface area contributed by atoms with Crippen molar-refractivity contribution in [3.05, 3.63) is 48.2 Å². The number of benzene rings is 1. The standard InChI is InChI=1S/C47H57F2N15O6.CH2O2/c1-47(2,3)64-44-37(42(50)53-26-54-44)38(57-64)39-36(41(70-58-39)28-4-5-28)43-51-22-30(23-52-43)60-16-18-63(19-17-60)46(68)69-25-35(66)61-10-8-27(9-11-61)24-59-12-14-62(15-13-59)40-31(48)20-29(21-32(40)49)55-33-6-7-34(65)56-45(33)67;2-1-3/h20-23,26-28,33,55H,4-19,24-25H2,1-3H3,(H2,50,53,54)(H,56,65,67);1H,(H,2,3)/t33-;/m1./s1. The number of anilines is 4. The van der Waals surface area contributed by atoms with Gasteiger partial charge >= 0.3 is 6.09 Å². The number of carbonyl (C=O) groups excluding carboxylic acids is 4. The molecule has 1 aliphatic carbocycles. The van der Waals surface area contributed by atoms with Gasteiger partial charge in [0.1, 0.15) is 35.3 Å². The van der Waals surface area contributed by atoms with Crippen molar-refractivity contribution < 1.29 is 47.1 Å². The topological polar surface area (TPSA) is 276 Å². The van der Waals surface area contributed by atoms with E-state index >= 15 is 8.78 Å². The van der Waals surface area contributed by atoms with E-state index in [2.05, 4.69) is 35.6 Å². The highest BCUT2D eigenvalue weighted by Crippen LogP contribution is 2.48. The van der Waals surface area contributed by atoms with Crippen LogP contribution >= 0.6 is 0 Å². The van der Waals surface area contributed by atoms with Crippen LogP contribution in [0, 0.1) is 17.6 Å². The molecule has 10 rings (SSSR count). The van der Waals surface area contributed by atoms with Crippen LogP contribution in [-0.2, 0) is 29.5 Å². The fourth-order valence-electron chi connectivity index (χ4n) is 9.85. The average molecular weight is 1010 g/mol. The molecule has 0 bridgehead atoms. The number of carboxylic acid groups (broad SMARTS) is 1. The van der Waals surface area contributed by atoms with Crippen molar-refractivity contribution in [1.82, 2.24) is 54.9 Å². The minimum absolute atomic E-state index is 0.0960. The quantitative estimate of drug-likeness (QED) is 0.109. The van der Waals surface area contributed by atoms with E-state index in [9.17, 15) is 19.2 Å². The molecule has 8 heterocycles. The smallest absolute Gasteiger partial charge is 0.410 e. The van der Waals surface area contributed by atoms with Crippen molar-refractivity contribution in [3.63, 3.8) is 0 Å². The Labute approximate surface area is 418 Å². The number of nitrogens with two attached hydrogens (primary N) is 1. The Balaban J connectivity index is 0.00000214. The zero-order valence-corrected chi connectivity index (χ0v) is 40.9. The van der Waals surface area contributed by atoms with E-state index in [1.165, 1.54) is 18.5 Å². The molecule has 0 unspecified atom stereocenters. The van der Waals surface area contributed by atoms with E-state index in [1.54, 1.807) is 27.1 Å². The summed E-state index contributed by atoms with van der Waals surface area (Å²) in [6.45, 7) is 11.4. The van der Waals surface area contributed by atoms with E-state index in [0.717, 1.165) is 37.9 Å². The van der Waals surface area contributed by atoms with Gasteiger partial charge in [0.05, 0.1) is 34.6 Å². The van der Waals surface area contributed by atoms with Gasteiger partial charge < -0.3 is 45.0 Å². The molecule has 0 radical (unpaired) electrons. The molecule has 1 atom stereocenters. The number of rotatable bonds is 11. The first-order valence-electron chi connectivity index (χ1n) is 24.5. The number of fused-ring (bicyclic) bond motifs is 1. The van der Waals surface area contributed by atoms with Crippen LogP contribution in [0.5, 0.6) is 0 Å². The second-order valence-corrected chi connectivity index (χ2v) is 19.9. The number of nitrogen functional groups attached to an aromatic ring is 1. The van der Waals surface area contributed by atoms with Crippen LogP contribution in [0.25, 0.3) is 33.8 Å². The number of carbonyl (C=O) groups is 5. The second kappa shape index (κ2) is 21.3. The molecular weight excluding hydrogens is 953 g/mol. The van der Waals surface area contributed by atoms with E-state index < -0.39 is 35.2 Å². The molecule has 4 amide bonds. The Morgan fingerprint density at radius 1 is 0.890 bits per heavy atom. The number of halogens is 2. The minimum atomic E-state index is -0.746. The van der Waals surface area contributed by atoms with E-state index in [1.807, 2.05) is 25.5 Å². The van der Waals surface area contributed by atoms with E-state index in [0.29, 0.717) is 111 Å². The van der Waals surface area contributed by atoms with Gasteiger partial charge in [-0.15, -0.1) is 0 Å². The third-order valence-electron chi connectivity index (χ3n) is 13.9. The molecule has 1 aromatic carbocycles. The summed E-state index contributed by atoms with van der Waals surface area (Å²) < 4.78 is 43.8. The SMILES string of the molecule is CC(C)(C)n1nc(-c2noc(C3CC3)c2-c2ncc(N3CCN(C(=O)OCC(=O)N4CCC(CN5CCN(c6c(F)cc(N[C@@H]7CCC(=O)NC7=O)cc6F)CC5)CC4)CC3)cn2)c2c(N)ncnc21.O=CO. The number of nitrogens with zero attached hydrogens (tertiary/aromatic N) is 12. The number of piperidine rings is 2. The number of amides is 4. The summed E-state index contributed by atoms with van der Waals surface area (Å²) in [5.74, 6) is -0.556. The lowest BCUT2D eigenvalue weighted by Gasteiger charge is -2.39. The van der Waals surface area contributed by atoms with Gasteiger partial charge in [-0.25, -0.2) is 38.2 Å². The van der Waals surface area contributed by atoms with Crippen LogP contribution in [0.15, 0.2) is 35.4 Å². The summed E-state index contributed by atoms with van der Waals surface area (Å²) in [4.78, 5) is 86.0. The van der Waals surface area contributed by atoms with Gasteiger partial charge in [0.2, 0.25) is 11.8 Å². The first-order chi connectivity index (χ1) is 35.1. The predicted octanol–water partition coefficient (Wildman–Crippen LogP) is 3.67. The van der Waals surface area contributed by atoms with Gasteiger partial charge in [0.15, 0.2) is 35.5 Å². The Kier molecular flexibility index (Phi) is 14.7. The molecule has 4 aromatic heterocycles. The number of hydrogen-bond donors (Lipinski definition) is 4. The first kappa shape index (κ1) is 50.4. The van der Waals surface area contributed by atoms with Crippen molar-refractivity contribution in [2.45, 2.75) is 76.8 Å². The van der Waals surface area contributed by atoms with Crippen LogP contribution in [0.2, 0.25) is 0 Å². The highest BCUT2D eigenvalue weighted by molar-refractivity contribution is 6.02. The van der Waals surface area contributed by atoms with Crippen LogP contribution in [-0.4, -0.2) is 170 Å². The predicted molar refractivity (Wildman–Crippen MR) is 261 cm³/mol. The highest BCUT2D eigenvalue weighted by atomic mass is 19.1. The van der Waals surface area contributed by atoms with Crippen LogP contribution in [0.4, 0.5) is 36.5 Å². The molecule has 73 heavy (non-hydrogen) atoms. The molecule has 23 nitrogen and oxygen atoms in total. The number of aromatic nitrogens is 7. The summed E-state index contributed by atoms with van der Waals surface area (Å²) in [6.07, 6.45) is 8.34. The number of nitrogens with one attached hydrogen (secondary N) is 2. The minimum Gasteiger partial charge on any atom is -0.483 e. The third-order valence-corrected chi connectivity index (χ3v) is 13.9. The third kappa shape index (κ3) is 11.1. The van der Waals surface area contributed by atoms with Gasteiger partial charge in [-0.05, 0) is 70.9 Å². The zero-order chi connectivity index (χ0) is 51.6. The lowest BCUT2D eigenvalue weighted by Crippen LogP contribution is -2.50. The maximum absolute atomic E-state index is 15.3. The van der Waals surface area contributed by atoms with Gasteiger partial charge in [0, 0.05) is 90.0 Å². The maximum atomic E-state index is 15.3. The zero-order valence-electron chi connectivity index (χ0n) is 40.9. The van der Waals surface area contributed by atoms with Crippen molar-refractivity contribution in [3.8, 4) is 22.8 Å². The first-order valence-corrected chi connectivity index (χ1v) is 24.5. The van der Waals surface area contributed by atoms with E-state index in [4.69, 9.17) is 40.0 Å². The van der Waals surface area contributed by atoms with Gasteiger partial charge in [-0.2, -0.15) is 5.10 Å². The fourth-order valence-corrected chi connectivity index (χ4v) is 9.85. The number of likely N-dealkylation sites (tertiary alicyclic amines) is 1. The fraction of sp³-hybridized carbons (Fsp3) is 0.521. The van der Waals surface area contributed by atoms with Crippen molar-refractivity contribution in [2.24, 2.45) is 5.92 Å². The number of hydrogen-bond acceptors (Lipinski definition) is 18. The Morgan fingerprint density at radius 2 is 1.55 bits per heavy atom. The summed E-state index contributed by atoms with van der Waals surface area (Å²) in [5.41, 5.74) is 9.07. The maximum Gasteiger partial charge on any atom is 0.410 e. The molecule has 4 saturated heterocycles. The Morgan fingerprint density at radius 3 is 2.18 bits per heavy atom. The molecule has 4 aliphatic heterocycles. The Bertz CT molecular complexity index is 2820. The van der Waals surface area contributed by atoms with Gasteiger partial charge in [0.25, 0.3) is 12.4 Å². The number of imide groups is 1. The van der Waals surface area contributed by atoms with Crippen LogP contribution in [0.1, 0.15) is 71.0 Å². The lowest BCUT2D eigenvalue weighted by molar-refractivity contribution is -0.136. The summed E-state index contributed by atoms with van der Waals surface area (Å²) in [7, 11) is 0. The largest absolute Gasteiger partial charge is 0.483 e. The van der Waals surface area contributed by atoms with Crippen molar-refractivity contribution >= 4 is 64.2 Å². The van der Waals surface area contributed by atoms with Crippen LogP contribution < -0.4 is 26.2 Å². The summed E-state index contributed by atoms with van der Waals surface area (Å²) in [6, 6.07) is 1.63. The molecule has 5 aromatic rings. The van der Waals surface area contributed by atoms with Crippen molar-refractivity contribution in [1.29, 1.82) is 0 Å². The van der Waals surface area contributed by atoms with Gasteiger partial charge in [-0.1, -0.05) is 5.16 Å². The summed E-state index contributed by atoms with van der Waals surface area (Å²) in [5, 5.41) is 22.0. The molecule has 5 fully saturated rings. The van der Waals surface area contributed by atoms with Gasteiger partial charge in [-0.3, -0.25) is 29.4 Å². The molecule has 1 saturated carbocycles. The monoisotopic (exact) mass is 1010 g/mol. The second-order valence-electron chi connectivity index (χ2n) is 19.9. The molecule has 5 aliphatic rings. The summed E-state index contributed by atoms with van der Waals surface area (Å²) >= 11 is 0. The normalized spacial score (nSPS) is 19.1. The average Bonchev–Trinajstić information content (AvgIpc) is 3.99.